The zero-order valence-electron chi connectivity index (χ0n) is 35.4. The van der Waals surface area contributed by atoms with Crippen LogP contribution >= 0.6 is 0 Å². The smallest absolute Gasteiger partial charge is 0.0546 e. The van der Waals surface area contributed by atoms with E-state index in [1.54, 1.807) is 0 Å². The maximum atomic E-state index is 2.56. The summed E-state index contributed by atoms with van der Waals surface area (Å²) in [5, 5.41) is 0. The number of anilines is 3. The van der Waals surface area contributed by atoms with E-state index < -0.39 is 0 Å². The number of benzene rings is 8. The third-order valence-corrected chi connectivity index (χ3v) is 13.8. The molecule has 0 saturated heterocycles. The van der Waals surface area contributed by atoms with Crippen molar-refractivity contribution in [1.29, 1.82) is 0 Å². The molecule has 61 heavy (non-hydrogen) atoms. The highest BCUT2D eigenvalue weighted by Crippen LogP contribution is 2.54. The molecule has 0 radical (unpaired) electrons. The molecule has 0 fully saturated rings. The number of rotatable bonds is 7. The van der Waals surface area contributed by atoms with Gasteiger partial charge in [-0.2, -0.15) is 0 Å². The summed E-state index contributed by atoms with van der Waals surface area (Å²) < 4.78 is 0. The van der Waals surface area contributed by atoms with E-state index in [1.165, 1.54) is 94.7 Å². The standard InChI is InChI=1S/C60H49N/c1-59(2)54-27-13-11-25-50(54)52-33-30-47(38-56(52)59)61(48-31-34-53-51-26-12-14-28-55(51)60(3,4)57(53)39-48)58-37-45(44-23-15-21-42(35-44)40-17-7-5-8-18-40)29-32-49(58)46-24-16-22-43(36-46)41-19-9-6-10-20-41/h5-14,16-22,24-39H,15,23H2,1-4H3. The van der Waals surface area contributed by atoms with Gasteiger partial charge in [0.1, 0.15) is 0 Å². The molecule has 3 aliphatic rings. The van der Waals surface area contributed by atoms with Crippen LogP contribution in [0.5, 0.6) is 0 Å². The van der Waals surface area contributed by atoms with Crippen molar-refractivity contribution in [2.24, 2.45) is 0 Å². The van der Waals surface area contributed by atoms with Gasteiger partial charge in [0.2, 0.25) is 0 Å². The summed E-state index contributed by atoms with van der Waals surface area (Å²) >= 11 is 0. The van der Waals surface area contributed by atoms with Crippen molar-refractivity contribution < 1.29 is 0 Å². The van der Waals surface area contributed by atoms with E-state index in [9.17, 15) is 0 Å². The Bertz CT molecular complexity index is 2960. The zero-order valence-corrected chi connectivity index (χ0v) is 35.4. The Morgan fingerprint density at radius 1 is 0.377 bits per heavy atom. The largest absolute Gasteiger partial charge is 0.310 e. The molecule has 3 aliphatic carbocycles. The first-order valence-corrected chi connectivity index (χ1v) is 21.8. The van der Waals surface area contributed by atoms with Crippen molar-refractivity contribution in [2.75, 3.05) is 4.90 Å². The number of fused-ring (bicyclic) bond motifs is 6. The van der Waals surface area contributed by atoms with Gasteiger partial charge in [-0.3, -0.25) is 0 Å². The molecule has 11 rings (SSSR count). The van der Waals surface area contributed by atoms with Gasteiger partial charge in [-0.15, -0.1) is 0 Å². The van der Waals surface area contributed by atoms with Gasteiger partial charge in [-0.05, 0) is 133 Å². The molecule has 0 aliphatic heterocycles. The third-order valence-electron chi connectivity index (χ3n) is 13.8. The molecular formula is C60H49N. The minimum absolute atomic E-state index is 0.142. The average Bonchev–Trinajstić information content (AvgIpc) is 3.68. The normalized spacial score (nSPS) is 15.2. The molecule has 1 heteroatoms. The lowest BCUT2D eigenvalue weighted by Crippen LogP contribution is -2.18. The van der Waals surface area contributed by atoms with Crippen LogP contribution in [0.1, 0.15) is 73.9 Å². The van der Waals surface area contributed by atoms with Crippen LogP contribution in [-0.2, 0) is 10.8 Å². The summed E-state index contributed by atoms with van der Waals surface area (Å²) in [6, 6.07) is 70.2. The highest BCUT2D eigenvalue weighted by Gasteiger charge is 2.38. The van der Waals surface area contributed by atoms with Gasteiger partial charge in [0.05, 0.1) is 5.69 Å². The Labute approximate surface area is 361 Å². The molecule has 0 amide bonds. The molecule has 1 nitrogen and oxygen atoms in total. The van der Waals surface area contributed by atoms with Crippen molar-refractivity contribution in [3.63, 3.8) is 0 Å². The van der Waals surface area contributed by atoms with Crippen molar-refractivity contribution in [3.8, 4) is 44.5 Å². The van der Waals surface area contributed by atoms with Crippen LogP contribution in [0.2, 0.25) is 0 Å². The van der Waals surface area contributed by atoms with Gasteiger partial charge in [0, 0.05) is 27.8 Å². The van der Waals surface area contributed by atoms with E-state index >= 15 is 0 Å². The molecule has 8 aromatic carbocycles. The number of allylic oxidation sites excluding steroid dienone is 4. The quantitative estimate of drug-likeness (QED) is 0.156. The van der Waals surface area contributed by atoms with E-state index in [1.807, 2.05) is 0 Å². The lowest BCUT2D eigenvalue weighted by Gasteiger charge is -2.32. The summed E-state index contributed by atoms with van der Waals surface area (Å²) in [6.07, 6.45) is 6.82. The van der Waals surface area contributed by atoms with E-state index in [2.05, 4.69) is 233 Å². The fourth-order valence-electron chi connectivity index (χ4n) is 10.5. The zero-order chi connectivity index (χ0) is 41.3. The Hall–Kier alpha value is -6.96. The van der Waals surface area contributed by atoms with Crippen molar-refractivity contribution in [1.82, 2.24) is 0 Å². The minimum atomic E-state index is -0.142. The van der Waals surface area contributed by atoms with Gasteiger partial charge in [-0.25, -0.2) is 0 Å². The third kappa shape index (κ3) is 6.14. The molecule has 0 bridgehead atoms. The van der Waals surface area contributed by atoms with Gasteiger partial charge < -0.3 is 4.90 Å². The van der Waals surface area contributed by atoms with Crippen LogP contribution in [0, 0.1) is 0 Å². The first-order valence-electron chi connectivity index (χ1n) is 21.8. The van der Waals surface area contributed by atoms with Gasteiger partial charge >= 0.3 is 0 Å². The predicted molar refractivity (Wildman–Crippen MR) is 259 cm³/mol. The van der Waals surface area contributed by atoms with Crippen LogP contribution in [0.15, 0.2) is 200 Å². The molecule has 294 valence electrons. The summed E-state index contributed by atoms with van der Waals surface area (Å²) in [5.74, 6) is 0. The molecule has 0 heterocycles. The molecule has 0 unspecified atom stereocenters. The number of hydrogen-bond acceptors (Lipinski definition) is 1. The van der Waals surface area contributed by atoms with Crippen molar-refractivity contribution >= 4 is 28.2 Å². The minimum Gasteiger partial charge on any atom is -0.310 e. The summed E-state index contributed by atoms with van der Waals surface area (Å²) in [7, 11) is 0. The Morgan fingerprint density at radius 3 is 1.51 bits per heavy atom. The second-order valence-corrected chi connectivity index (χ2v) is 18.0. The molecule has 0 N–H and O–H groups in total. The Morgan fingerprint density at radius 2 is 0.885 bits per heavy atom. The van der Waals surface area contributed by atoms with Gasteiger partial charge in [-0.1, -0.05) is 192 Å². The highest BCUT2D eigenvalue weighted by atomic mass is 15.1. The first-order chi connectivity index (χ1) is 29.8. The first kappa shape index (κ1) is 37.1. The predicted octanol–water partition coefficient (Wildman–Crippen LogP) is 16.4. The fourth-order valence-corrected chi connectivity index (χ4v) is 10.5. The second kappa shape index (κ2) is 14.4. The van der Waals surface area contributed by atoms with Crippen LogP contribution < -0.4 is 4.90 Å². The average molecular weight is 784 g/mol. The fraction of sp³-hybridized carbons (Fsp3) is 0.133. The molecule has 8 aromatic rings. The number of hydrogen-bond donors (Lipinski definition) is 0. The topological polar surface area (TPSA) is 3.24 Å². The van der Waals surface area contributed by atoms with E-state index in [0.717, 1.165) is 24.2 Å². The maximum absolute atomic E-state index is 2.56. The van der Waals surface area contributed by atoms with E-state index in [0.29, 0.717) is 0 Å². The summed E-state index contributed by atoms with van der Waals surface area (Å²) in [5.41, 5.74) is 24.0. The van der Waals surface area contributed by atoms with E-state index in [-0.39, 0.29) is 10.8 Å². The Balaban J connectivity index is 1.16. The second-order valence-electron chi connectivity index (χ2n) is 18.0. The molecule has 0 atom stereocenters. The van der Waals surface area contributed by atoms with Crippen molar-refractivity contribution in [3.05, 3.63) is 234 Å². The molecule has 0 saturated carbocycles. The summed E-state index contributed by atoms with van der Waals surface area (Å²) in [4.78, 5) is 2.56. The van der Waals surface area contributed by atoms with Crippen LogP contribution in [0.4, 0.5) is 17.1 Å². The lowest BCUT2D eigenvalue weighted by atomic mass is 9.82. The molecular weight excluding hydrogens is 735 g/mol. The van der Waals surface area contributed by atoms with Gasteiger partial charge in [0.25, 0.3) is 0 Å². The van der Waals surface area contributed by atoms with Crippen LogP contribution in [0.3, 0.4) is 0 Å². The van der Waals surface area contributed by atoms with Crippen molar-refractivity contribution in [2.45, 2.75) is 51.4 Å². The highest BCUT2D eigenvalue weighted by molar-refractivity contribution is 5.95. The lowest BCUT2D eigenvalue weighted by molar-refractivity contribution is 0.660. The number of nitrogens with zero attached hydrogens (tertiary/aromatic N) is 1. The van der Waals surface area contributed by atoms with Crippen LogP contribution in [-0.4, -0.2) is 0 Å². The Kier molecular flexibility index (Phi) is 8.72. The van der Waals surface area contributed by atoms with Gasteiger partial charge in [0.15, 0.2) is 0 Å². The molecule has 0 spiro atoms. The maximum Gasteiger partial charge on any atom is 0.0546 e. The summed E-state index contributed by atoms with van der Waals surface area (Å²) in [6.45, 7) is 9.54. The molecule has 0 aromatic heterocycles. The van der Waals surface area contributed by atoms with Crippen LogP contribution in [0.25, 0.3) is 55.7 Å². The van der Waals surface area contributed by atoms with E-state index in [4.69, 9.17) is 0 Å². The SMILES string of the molecule is CC1(C)c2ccccc2-c2ccc(N(c3ccc4c(c3)C(C)(C)c3ccccc3-4)c3cc(C4=CC(c5ccccc5)=CCC4)ccc3-c3cccc(-c4ccccc4)c3)cc21. The monoisotopic (exact) mass is 783 g/mol.